The summed E-state index contributed by atoms with van der Waals surface area (Å²) in [4.78, 5) is 17.8. The highest BCUT2D eigenvalue weighted by atomic mass is 16.5. The molecule has 1 spiro atoms. The molecule has 2 aliphatic rings. The molecule has 0 unspecified atom stereocenters. The van der Waals surface area contributed by atoms with Crippen molar-refractivity contribution in [2.24, 2.45) is 0 Å². The first-order valence-electron chi connectivity index (χ1n) is 7.22. The number of nitrogens with zero attached hydrogens (tertiary/aromatic N) is 2. The van der Waals surface area contributed by atoms with E-state index in [-0.39, 0.29) is 24.2 Å². The first-order valence-corrected chi connectivity index (χ1v) is 7.22. The number of carbonyl (C=O) groups excluding carboxylic acids is 1. The Morgan fingerprint density at radius 2 is 2.10 bits per heavy atom. The monoisotopic (exact) mass is 275 g/mol. The SMILES string of the molecule is C[C@H]1NC(=O)COC12CCN(Cc1ccncc1)CC2. The third-order valence-corrected chi connectivity index (χ3v) is 4.52. The lowest BCUT2D eigenvalue weighted by Gasteiger charge is -2.47. The van der Waals surface area contributed by atoms with Crippen LogP contribution in [0.4, 0.5) is 0 Å². The molecule has 0 bridgehead atoms. The van der Waals surface area contributed by atoms with Crippen molar-refractivity contribution in [2.75, 3.05) is 19.7 Å². The van der Waals surface area contributed by atoms with Crippen molar-refractivity contribution in [3.05, 3.63) is 30.1 Å². The Morgan fingerprint density at radius 3 is 2.75 bits per heavy atom. The molecule has 5 nitrogen and oxygen atoms in total. The molecule has 1 amide bonds. The van der Waals surface area contributed by atoms with Gasteiger partial charge < -0.3 is 10.1 Å². The number of rotatable bonds is 2. The fraction of sp³-hybridized carbons (Fsp3) is 0.600. The van der Waals surface area contributed by atoms with Crippen LogP contribution in [-0.4, -0.2) is 47.1 Å². The maximum Gasteiger partial charge on any atom is 0.246 e. The number of piperidine rings is 1. The number of ether oxygens (including phenoxy) is 1. The molecular formula is C15H21N3O2. The smallest absolute Gasteiger partial charge is 0.246 e. The Labute approximate surface area is 119 Å². The van der Waals surface area contributed by atoms with Crippen LogP contribution in [0, 0.1) is 0 Å². The van der Waals surface area contributed by atoms with E-state index < -0.39 is 0 Å². The first-order chi connectivity index (χ1) is 9.68. The van der Waals surface area contributed by atoms with Gasteiger partial charge in [-0.25, -0.2) is 0 Å². The number of amides is 1. The van der Waals surface area contributed by atoms with Crippen molar-refractivity contribution >= 4 is 5.91 Å². The van der Waals surface area contributed by atoms with Gasteiger partial charge in [0.15, 0.2) is 0 Å². The lowest BCUT2D eigenvalue weighted by Crippen LogP contribution is -2.62. The molecule has 1 atom stereocenters. The summed E-state index contributed by atoms with van der Waals surface area (Å²) in [5.74, 6) is 0.00217. The summed E-state index contributed by atoms with van der Waals surface area (Å²) in [5, 5.41) is 3.01. The Hall–Kier alpha value is -1.46. The van der Waals surface area contributed by atoms with E-state index in [0.717, 1.165) is 32.5 Å². The summed E-state index contributed by atoms with van der Waals surface area (Å²) in [6, 6.07) is 4.22. The average Bonchev–Trinajstić information content (AvgIpc) is 2.47. The van der Waals surface area contributed by atoms with Crippen molar-refractivity contribution in [1.82, 2.24) is 15.2 Å². The van der Waals surface area contributed by atoms with Gasteiger partial charge in [-0.2, -0.15) is 0 Å². The number of pyridine rings is 1. The van der Waals surface area contributed by atoms with Crippen LogP contribution in [0.15, 0.2) is 24.5 Å². The zero-order valence-electron chi connectivity index (χ0n) is 11.8. The van der Waals surface area contributed by atoms with E-state index in [0.29, 0.717) is 0 Å². The number of carbonyl (C=O) groups is 1. The first kappa shape index (κ1) is 13.5. The van der Waals surface area contributed by atoms with Crippen molar-refractivity contribution in [3.8, 4) is 0 Å². The minimum atomic E-state index is -0.164. The second-order valence-electron chi connectivity index (χ2n) is 5.77. The highest BCUT2D eigenvalue weighted by Gasteiger charge is 2.44. The van der Waals surface area contributed by atoms with Gasteiger partial charge in [0.25, 0.3) is 0 Å². The van der Waals surface area contributed by atoms with Gasteiger partial charge in [-0.15, -0.1) is 0 Å². The topological polar surface area (TPSA) is 54.5 Å². The van der Waals surface area contributed by atoms with E-state index in [2.05, 4.69) is 34.3 Å². The van der Waals surface area contributed by atoms with Crippen molar-refractivity contribution in [1.29, 1.82) is 0 Å². The van der Waals surface area contributed by atoms with Gasteiger partial charge in [0.2, 0.25) is 5.91 Å². The Kier molecular flexibility index (Phi) is 3.72. The molecule has 1 aromatic rings. The molecule has 0 radical (unpaired) electrons. The zero-order valence-corrected chi connectivity index (χ0v) is 11.8. The molecule has 108 valence electrons. The lowest BCUT2D eigenvalue weighted by atomic mass is 9.83. The Bertz CT molecular complexity index is 469. The van der Waals surface area contributed by atoms with Crippen molar-refractivity contribution < 1.29 is 9.53 Å². The second kappa shape index (κ2) is 5.50. The molecule has 1 N–H and O–H groups in total. The fourth-order valence-electron chi connectivity index (χ4n) is 3.16. The van der Waals surface area contributed by atoms with Crippen LogP contribution in [0.25, 0.3) is 0 Å². The van der Waals surface area contributed by atoms with Gasteiger partial charge in [0, 0.05) is 32.0 Å². The molecule has 5 heteroatoms. The molecule has 2 aliphatic heterocycles. The third kappa shape index (κ3) is 2.69. The molecule has 0 aliphatic carbocycles. The fourth-order valence-corrected chi connectivity index (χ4v) is 3.16. The third-order valence-electron chi connectivity index (χ3n) is 4.52. The standard InChI is InChI=1S/C15H21N3O2/c1-12-15(20-11-14(19)17-12)4-8-18(9-5-15)10-13-2-6-16-7-3-13/h2-3,6-7,12H,4-5,8-11H2,1H3,(H,17,19)/t12-/m1/s1. The van der Waals surface area contributed by atoms with Gasteiger partial charge in [-0.3, -0.25) is 14.7 Å². The van der Waals surface area contributed by atoms with Crippen molar-refractivity contribution in [2.45, 2.75) is 38.0 Å². The van der Waals surface area contributed by atoms with E-state index >= 15 is 0 Å². The minimum absolute atomic E-state index is 0.00217. The van der Waals surface area contributed by atoms with Gasteiger partial charge in [-0.1, -0.05) is 0 Å². The summed E-state index contributed by atoms with van der Waals surface area (Å²) < 4.78 is 5.88. The average molecular weight is 275 g/mol. The van der Waals surface area contributed by atoms with E-state index in [4.69, 9.17) is 4.74 Å². The second-order valence-corrected chi connectivity index (χ2v) is 5.77. The highest BCUT2D eigenvalue weighted by molar-refractivity contribution is 5.78. The van der Waals surface area contributed by atoms with Gasteiger partial charge in [0.1, 0.15) is 6.61 Å². The van der Waals surface area contributed by atoms with Gasteiger partial charge in [-0.05, 0) is 37.5 Å². The maximum absolute atomic E-state index is 11.4. The van der Waals surface area contributed by atoms with Crippen LogP contribution in [0.2, 0.25) is 0 Å². The normalized spacial score (nSPS) is 26.4. The molecule has 2 fully saturated rings. The van der Waals surface area contributed by atoms with E-state index in [1.54, 1.807) is 0 Å². The predicted octanol–water partition coefficient (Wildman–Crippen LogP) is 0.951. The Balaban J connectivity index is 1.58. The molecular weight excluding hydrogens is 254 g/mol. The number of likely N-dealkylation sites (tertiary alicyclic amines) is 1. The lowest BCUT2D eigenvalue weighted by molar-refractivity contribution is -0.159. The van der Waals surface area contributed by atoms with Crippen LogP contribution in [0.1, 0.15) is 25.3 Å². The maximum atomic E-state index is 11.4. The number of aromatic nitrogens is 1. The molecule has 3 heterocycles. The van der Waals surface area contributed by atoms with Crippen LogP contribution >= 0.6 is 0 Å². The van der Waals surface area contributed by atoms with E-state index in [9.17, 15) is 4.79 Å². The number of hydrogen-bond donors (Lipinski definition) is 1. The summed E-state index contributed by atoms with van der Waals surface area (Å²) >= 11 is 0. The molecule has 3 rings (SSSR count). The highest BCUT2D eigenvalue weighted by Crippen LogP contribution is 2.32. The zero-order chi connectivity index (χ0) is 14.0. The summed E-state index contributed by atoms with van der Waals surface area (Å²) in [7, 11) is 0. The molecule has 0 aromatic carbocycles. The summed E-state index contributed by atoms with van der Waals surface area (Å²) in [6.07, 6.45) is 5.62. The Morgan fingerprint density at radius 1 is 1.40 bits per heavy atom. The quantitative estimate of drug-likeness (QED) is 0.873. The molecule has 2 saturated heterocycles. The minimum Gasteiger partial charge on any atom is -0.363 e. The van der Waals surface area contributed by atoms with Crippen LogP contribution < -0.4 is 5.32 Å². The summed E-state index contributed by atoms with van der Waals surface area (Å²) in [6.45, 7) is 5.22. The van der Waals surface area contributed by atoms with E-state index in [1.165, 1.54) is 5.56 Å². The number of hydrogen-bond acceptors (Lipinski definition) is 4. The van der Waals surface area contributed by atoms with Crippen LogP contribution in [0.5, 0.6) is 0 Å². The van der Waals surface area contributed by atoms with Gasteiger partial charge in [0.05, 0.1) is 11.6 Å². The van der Waals surface area contributed by atoms with Crippen LogP contribution in [0.3, 0.4) is 0 Å². The van der Waals surface area contributed by atoms with Crippen molar-refractivity contribution in [3.63, 3.8) is 0 Å². The molecule has 0 saturated carbocycles. The molecule has 20 heavy (non-hydrogen) atoms. The summed E-state index contributed by atoms with van der Waals surface area (Å²) in [5.41, 5.74) is 1.13. The van der Waals surface area contributed by atoms with E-state index in [1.807, 2.05) is 12.4 Å². The number of morpholine rings is 1. The largest absolute Gasteiger partial charge is 0.363 e. The van der Waals surface area contributed by atoms with Gasteiger partial charge >= 0.3 is 0 Å². The molecule has 1 aromatic heterocycles. The number of nitrogens with one attached hydrogen (secondary N) is 1. The van der Waals surface area contributed by atoms with Crippen LogP contribution in [-0.2, 0) is 16.1 Å². The predicted molar refractivity (Wildman–Crippen MR) is 75.0 cm³/mol.